The Kier molecular flexibility index (Phi) is 6.22. The van der Waals surface area contributed by atoms with Gasteiger partial charge in [-0.15, -0.1) is 0 Å². The fourth-order valence-electron chi connectivity index (χ4n) is 4.45. The van der Waals surface area contributed by atoms with E-state index in [0.29, 0.717) is 39.5 Å². The molecule has 2 aliphatic heterocycles. The van der Waals surface area contributed by atoms with Crippen LogP contribution in [-0.2, 0) is 4.74 Å². The van der Waals surface area contributed by atoms with Crippen LogP contribution in [0.5, 0.6) is 5.75 Å². The number of aromatic nitrogens is 1. The molecule has 0 atom stereocenters. The highest BCUT2D eigenvalue weighted by Gasteiger charge is 2.20. The number of benzene rings is 2. The zero-order valence-electron chi connectivity index (χ0n) is 20.8. The number of hydrogen-bond acceptors (Lipinski definition) is 6. The molecular formula is C30H27N3O3. The number of anilines is 1. The minimum Gasteiger partial charge on any atom is -0.462 e. The average Bonchev–Trinajstić information content (AvgIpc) is 3.28. The summed E-state index contributed by atoms with van der Waals surface area (Å²) in [6.07, 6.45) is 7.45. The highest BCUT2D eigenvalue weighted by molar-refractivity contribution is 5.83. The standard InChI is InChI=1S/C30H27N3O3/c1-5-33(6-2)22-11-12-25-19(3)13-23(35-29(25)16-22)17-24-15-21(14-20(4)34-24)26(18-31)30-32-27-9-7-8-10-28(27)36-30/h7-17H,5-6H2,1-4H3. The molecule has 0 N–H and O–H groups in total. The number of nitrogens with zero attached hydrogens (tertiary/aromatic N) is 3. The van der Waals surface area contributed by atoms with Gasteiger partial charge in [0.25, 0.3) is 0 Å². The molecule has 2 aliphatic rings. The van der Waals surface area contributed by atoms with Crippen LogP contribution in [0, 0.1) is 11.3 Å². The Hall–Kier alpha value is -4.50. The maximum atomic E-state index is 9.95. The van der Waals surface area contributed by atoms with Gasteiger partial charge in [-0.1, -0.05) is 12.1 Å². The van der Waals surface area contributed by atoms with Gasteiger partial charge in [-0.2, -0.15) is 5.26 Å². The Morgan fingerprint density at radius 2 is 1.83 bits per heavy atom. The van der Waals surface area contributed by atoms with Crippen LogP contribution in [0.4, 0.5) is 5.69 Å². The lowest BCUT2D eigenvalue weighted by molar-refractivity contribution is 0.314. The van der Waals surface area contributed by atoms with E-state index in [1.807, 2.05) is 55.5 Å². The largest absolute Gasteiger partial charge is 0.462 e. The van der Waals surface area contributed by atoms with Gasteiger partial charge in [0, 0.05) is 42.1 Å². The van der Waals surface area contributed by atoms with Crippen LogP contribution in [0.3, 0.4) is 0 Å². The molecule has 0 unspecified atom stereocenters. The van der Waals surface area contributed by atoms with E-state index in [9.17, 15) is 5.26 Å². The van der Waals surface area contributed by atoms with Crippen molar-refractivity contribution >= 4 is 27.9 Å². The van der Waals surface area contributed by atoms with Crippen LogP contribution in [0.2, 0.25) is 0 Å². The van der Waals surface area contributed by atoms with Crippen molar-refractivity contribution in [3.63, 3.8) is 0 Å². The molecule has 1 aromatic heterocycles. The van der Waals surface area contributed by atoms with Crippen molar-refractivity contribution in [2.45, 2.75) is 27.7 Å². The molecule has 3 heterocycles. The van der Waals surface area contributed by atoms with Gasteiger partial charge in [-0.05, 0) is 75.8 Å². The predicted molar refractivity (Wildman–Crippen MR) is 142 cm³/mol. The summed E-state index contributed by atoms with van der Waals surface area (Å²) in [4.78, 5) is 6.78. The molecule has 36 heavy (non-hydrogen) atoms. The molecule has 6 heteroatoms. The van der Waals surface area contributed by atoms with Gasteiger partial charge >= 0.3 is 0 Å². The lowest BCUT2D eigenvalue weighted by Gasteiger charge is -2.25. The van der Waals surface area contributed by atoms with Gasteiger partial charge < -0.3 is 18.8 Å². The van der Waals surface area contributed by atoms with Crippen molar-refractivity contribution in [3.05, 3.63) is 101 Å². The van der Waals surface area contributed by atoms with Crippen LogP contribution < -0.4 is 9.64 Å². The second-order valence-corrected chi connectivity index (χ2v) is 8.66. The highest BCUT2D eigenvalue weighted by atomic mass is 16.5. The molecule has 5 rings (SSSR count). The summed E-state index contributed by atoms with van der Waals surface area (Å²) in [6, 6.07) is 16.0. The van der Waals surface area contributed by atoms with Crippen LogP contribution in [0.15, 0.2) is 94.0 Å². The number of ether oxygens (including phenoxy) is 2. The fourth-order valence-corrected chi connectivity index (χ4v) is 4.45. The van der Waals surface area contributed by atoms with Crippen molar-refractivity contribution in [1.82, 2.24) is 4.98 Å². The SMILES string of the molecule is CCN(CC)c1ccc2c(c1)OC(=CC1=CC(=C(C#N)c3nc4ccccc4o3)C=C(C)O1)C=C2C. The van der Waals surface area contributed by atoms with E-state index in [1.54, 1.807) is 0 Å². The van der Waals surface area contributed by atoms with Gasteiger partial charge in [0.05, 0.1) is 0 Å². The number of oxazole rings is 1. The van der Waals surface area contributed by atoms with E-state index in [1.165, 1.54) is 0 Å². The Morgan fingerprint density at radius 3 is 2.58 bits per heavy atom. The van der Waals surface area contributed by atoms with E-state index in [0.717, 1.165) is 35.7 Å². The normalized spacial score (nSPS) is 17.3. The Morgan fingerprint density at radius 1 is 1.03 bits per heavy atom. The molecule has 0 radical (unpaired) electrons. The Labute approximate surface area is 210 Å². The second-order valence-electron chi connectivity index (χ2n) is 8.66. The smallest absolute Gasteiger partial charge is 0.238 e. The number of fused-ring (bicyclic) bond motifs is 2. The quantitative estimate of drug-likeness (QED) is 0.363. The van der Waals surface area contributed by atoms with Gasteiger partial charge in [-0.25, -0.2) is 4.98 Å². The van der Waals surface area contributed by atoms with Crippen molar-refractivity contribution in [2.24, 2.45) is 0 Å². The molecule has 0 aliphatic carbocycles. The third kappa shape index (κ3) is 4.44. The summed E-state index contributed by atoms with van der Waals surface area (Å²) in [5.74, 6) is 2.98. The van der Waals surface area contributed by atoms with Crippen LogP contribution in [-0.4, -0.2) is 18.1 Å². The summed E-state index contributed by atoms with van der Waals surface area (Å²) in [5.41, 5.74) is 5.66. The summed E-state index contributed by atoms with van der Waals surface area (Å²) < 4.78 is 18.1. The van der Waals surface area contributed by atoms with E-state index in [2.05, 4.69) is 54.9 Å². The van der Waals surface area contributed by atoms with E-state index < -0.39 is 0 Å². The van der Waals surface area contributed by atoms with E-state index in [-0.39, 0.29) is 5.89 Å². The van der Waals surface area contributed by atoms with Crippen LogP contribution in [0.1, 0.15) is 39.1 Å². The van der Waals surface area contributed by atoms with Crippen molar-refractivity contribution < 1.29 is 13.9 Å². The summed E-state index contributed by atoms with van der Waals surface area (Å²) in [7, 11) is 0. The average molecular weight is 478 g/mol. The van der Waals surface area contributed by atoms with Gasteiger partial charge in [0.1, 0.15) is 40.2 Å². The highest BCUT2D eigenvalue weighted by Crippen LogP contribution is 2.37. The molecule has 0 bridgehead atoms. The van der Waals surface area contributed by atoms with Crippen LogP contribution >= 0.6 is 0 Å². The van der Waals surface area contributed by atoms with Crippen molar-refractivity contribution in [1.29, 1.82) is 5.26 Å². The number of allylic oxidation sites excluding steroid dienone is 8. The molecule has 0 spiro atoms. The van der Waals surface area contributed by atoms with E-state index >= 15 is 0 Å². The Bertz CT molecular complexity index is 1510. The van der Waals surface area contributed by atoms with Crippen molar-refractivity contribution in [2.75, 3.05) is 18.0 Å². The third-order valence-corrected chi connectivity index (χ3v) is 6.23. The zero-order chi connectivity index (χ0) is 25.2. The Balaban J connectivity index is 1.51. The fraction of sp³-hybridized carbons (Fsp3) is 0.200. The molecule has 0 fully saturated rings. The molecule has 180 valence electrons. The molecule has 6 nitrogen and oxygen atoms in total. The molecular weight excluding hydrogens is 450 g/mol. The number of nitriles is 1. The van der Waals surface area contributed by atoms with E-state index in [4.69, 9.17) is 13.9 Å². The molecule has 3 aromatic rings. The molecule has 0 amide bonds. The van der Waals surface area contributed by atoms with Gasteiger partial charge in [0.2, 0.25) is 5.89 Å². The lowest BCUT2D eigenvalue weighted by Crippen LogP contribution is -2.21. The minimum absolute atomic E-state index is 0.283. The lowest BCUT2D eigenvalue weighted by atomic mass is 10.0. The zero-order valence-corrected chi connectivity index (χ0v) is 20.8. The van der Waals surface area contributed by atoms with Crippen LogP contribution in [0.25, 0.3) is 22.2 Å². The first-order chi connectivity index (χ1) is 17.5. The molecule has 0 saturated carbocycles. The molecule has 0 saturated heterocycles. The first-order valence-corrected chi connectivity index (χ1v) is 12.0. The summed E-state index contributed by atoms with van der Waals surface area (Å²) in [5, 5.41) is 9.95. The van der Waals surface area contributed by atoms with Gasteiger partial charge in [0.15, 0.2) is 5.58 Å². The minimum atomic E-state index is 0.283. The van der Waals surface area contributed by atoms with Gasteiger partial charge in [-0.3, -0.25) is 0 Å². The maximum Gasteiger partial charge on any atom is 0.238 e. The summed E-state index contributed by atoms with van der Waals surface area (Å²) >= 11 is 0. The molecule has 2 aromatic carbocycles. The maximum absolute atomic E-state index is 9.95. The summed E-state index contributed by atoms with van der Waals surface area (Å²) in [6.45, 7) is 10.1. The number of para-hydroxylation sites is 2. The topological polar surface area (TPSA) is 71.5 Å². The second kappa shape index (κ2) is 9.63. The third-order valence-electron chi connectivity index (χ3n) is 6.23. The first-order valence-electron chi connectivity index (χ1n) is 12.0. The monoisotopic (exact) mass is 477 g/mol. The first kappa shape index (κ1) is 23.3. The predicted octanol–water partition coefficient (Wildman–Crippen LogP) is 7.15. The van der Waals surface area contributed by atoms with Crippen molar-refractivity contribution in [3.8, 4) is 11.8 Å². The number of hydrogen-bond donors (Lipinski definition) is 0. The number of rotatable bonds is 5.